The molecule has 0 radical (unpaired) electrons. The topological polar surface area (TPSA) is 55.7 Å². The number of nitrogens with zero attached hydrogens (tertiary/aromatic N) is 3. The Bertz CT molecular complexity index is 727. The first-order valence-electron chi connectivity index (χ1n) is 6.15. The summed E-state index contributed by atoms with van der Waals surface area (Å²) in [5, 5.41) is 0. The van der Waals surface area contributed by atoms with Gasteiger partial charge in [0.15, 0.2) is 6.29 Å². The van der Waals surface area contributed by atoms with Crippen molar-refractivity contribution in [2.75, 3.05) is 0 Å². The summed E-state index contributed by atoms with van der Waals surface area (Å²) >= 11 is 0. The van der Waals surface area contributed by atoms with E-state index in [4.69, 9.17) is 0 Å². The Morgan fingerprint density at radius 2 is 1.35 bits per heavy atom. The zero-order valence-electron chi connectivity index (χ0n) is 10.6. The maximum Gasteiger partial charge on any atom is 0.150 e. The number of hydrogen-bond donors (Lipinski definition) is 0. The van der Waals surface area contributed by atoms with Gasteiger partial charge >= 0.3 is 0 Å². The van der Waals surface area contributed by atoms with Crippen molar-refractivity contribution in [3.63, 3.8) is 0 Å². The zero-order valence-corrected chi connectivity index (χ0v) is 10.6. The van der Waals surface area contributed by atoms with Crippen molar-refractivity contribution >= 4 is 6.29 Å². The number of carbonyl (C=O) groups is 1. The highest BCUT2D eigenvalue weighted by molar-refractivity contribution is 5.94. The summed E-state index contributed by atoms with van der Waals surface area (Å²) in [6.45, 7) is 0. The molecule has 0 saturated carbocycles. The molecule has 20 heavy (non-hydrogen) atoms. The molecule has 0 unspecified atom stereocenters. The van der Waals surface area contributed by atoms with Gasteiger partial charge in [-0.05, 0) is 35.9 Å². The third kappa shape index (κ3) is 2.19. The Morgan fingerprint density at radius 1 is 0.750 bits per heavy atom. The van der Waals surface area contributed by atoms with E-state index in [0.29, 0.717) is 5.56 Å². The summed E-state index contributed by atoms with van der Waals surface area (Å²) in [5.41, 5.74) is 4.04. The van der Waals surface area contributed by atoms with Gasteiger partial charge in [-0.3, -0.25) is 19.7 Å². The van der Waals surface area contributed by atoms with Crippen molar-refractivity contribution in [2.45, 2.75) is 0 Å². The second-order valence-electron chi connectivity index (χ2n) is 4.21. The van der Waals surface area contributed by atoms with E-state index < -0.39 is 0 Å². The van der Waals surface area contributed by atoms with Crippen LogP contribution >= 0.6 is 0 Å². The summed E-state index contributed by atoms with van der Waals surface area (Å²) in [6.07, 6.45) is 9.31. The Balaban J connectivity index is 2.29. The maximum atomic E-state index is 11.3. The highest BCUT2D eigenvalue weighted by atomic mass is 16.1. The van der Waals surface area contributed by atoms with Gasteiger partial charge in [0, 0.05) is 47.7 Å². The molecule has 0 aliphatic heterocycles. The molecule has 0 bridgehead atoms. The van der Waals surface area contributed by atoms with Gasteiger partial charge < -0.3 is 0 Å². The molecule has 0 N–H and O–H groups in total. The van der Waals surface area contributed by atoms with Crippen molar-refractivity contribution in [3.8, 4) is 22.4 Å². The quantitative estimate of drug-likeness (QED) is 0.680. The maximum absolute atomic E-state index is 11.3. The lowest BCUT2D eigenvalue weighted by molar-refractivity contribution is 0.112. The summed E-state index contributed by atoms with van der Waals surface area (Å²) in [4.78, 5) is 23.8. The van der Waals surface area contributed by atoms with Crippen LogP contribution in [0.2, 0.25) is 0 Å². The largest absolute Gasteiger partial charge is 0.298 e. The van der Waals surface area contributed by atoms with Gasteiger partial charge in [0.25, 0.3) is 0 Å². The molecule has 0 atom stereocenters. The predicted octanol–water partition coefficient (Wildman–Crippen LogP) is 3.02. The SMILES string of the molecule is O=Cc1ccnc(-c2ccncc2)c1-c1ccncc1. The van der Waals surface area contributed by atoms with E-state index in [0.717, 1.165) is 28.7 Å². The van der Waals surface area contributed by atoms with Crippen molar-refractivity contribution in [3.05, 3.63) is 66.9 Å². The molecule has 0 fully saturated rings. The average Bonchev–Trinajstić information content (AvgIpc) is 2.55. The lowest BCUT2D eigenvalue weighted by Crippen LogP contribution is -1.95. The summed E-state index contributed by atoms with van der Waals surface area (Å²) < 4.78 is 0. The van der Waals surface area contributed by atoms with Crippen molar-refractivity contribution in [1.29, 1.82) is 0 Å². The van der Waals surface area contributed by atoms with Crippen LogP contribution in [0.5, 0.6) is 0 Å². The van der Waals surface area contributed by atoms with Crippen LogP contribution in [-0.4, -0.2) is 21.2 Å². The number of carbonyl (C=O) groups excluding carboxylic acids is 1. The fourth-order valence-corrected chi connectivity index (χ4v) is 2.13. The molecule has 0 spiro atoms. The molecule has 0 aliphatic carbocycles. The van der Waals surface area contributed by atoms with Crippen molar-refractivity contribution in [1.82, 2.24) is 15.0 Å². The van der Waals surface area contributed by atoms with Crippen LogP contribution in [0.3, 0.4) is 0 Å². The minimum Gasteiger partial charge on any atom is -0.298 e. The van der Waals surface area contributed by atoms with Crippen LogP contribution in [0.25, 0.3) is 22.4 Å². The Morgan fingerprint density at radius 3 is 1.95 bits per heavy atom. The fraction of sp³-hybridized carbons (Fsp3) is 0. The molecule has 96 valence electrons. The van der Waals surface area contributed by atoms with Gasteiger partial charge in [-0.25, -0.2) is 0 Å². The lowest BCUT2D eigenvalue weighted by atomic mass is 9.96. The van der Waals surface area contributed by atoms with Gasteiger partial charge in [-0.2, -0.15) is 0 Å². The Hall–Kier alpha value is -2.88. The van der Waals surface area contributed by atoms with Crippen LogP contribution in [0.15, 0.2) is 61.3 Å². The van der Waals surface area contributed by atoms with E-state index in [9.17, 15) is 4.79 Å². The molecule has 0 aromatic carbocycles. The summed E-state index contributed by atoms with van der Waals surface area (Å²) in [5.74, 6) is 0. The number of aromatic nitrogens is 3. The average molecular weight is 261 g/mol. The smallest absolute Gasteiger partial charge is 0.150 e. The standard InChI is InChI=1S/C16H11N3O/c20-11-14-5-10-19-16(13-3-8-18-9-4-13)15(14)12-1-6-17-7-2-12/h1-11H. The molecule has 0 aliphatic rings. The molecular weight excluding hydrogens is 250 g/mol. The Labute approximate surface area is 116 Å². The molecule has 3 rings (SSSR count). The van der Waals surface area contributed by atoms with Gasteiger partial charge in [-0.1, -0.05) is 0 Å². The van der Waals surface area contributed by atoms with Crippen molar-refractivity contribution < 1.29 is 4.79 Å². The van der Waals surface area contributed by atoms with Crippen LogP contribution in [0.4, 0.5) is 0 Å². The number of hydrogen-bond acceptors (Lipinski definition) is 4. The normalized spacial score (nSPS) is 10.2. The predicted molar refractivity (Wildman–Crippen MR) is 76.1 cm³/mol. The highest BCUT2D eigenvalue weighted by Gasteiger charge is 2.13. The van der Waals surface area contributed by atoms with Crippen LogP contribution < -0.4 is 0 Å². The van der Waals surface area contributed by atoms with Crippen molar-refractivity contribution in [2.24, 2.45) is 0 Å². The minimum absolute atomic E-state index is 0.609. The molecule has 3 aromatic rings. The second-order valence-corrected chi connectivity index (χ2v) is 4.21. The second kappa shape index (κ2) is 5.40. The molecule has 3 heterocycles. The van der Waals surface area contributed by atoms with Gasteiger partial charge in [0.1, 0.15) is 0 Å². The van der Waals surface area contributed by atoms with E-state index in [1.807, 2.05) is 24.3 Å². The number of pyridine rings is 3. The molecular formula is C16H11N3O. The molecule has 0 amide bonds. The molecule has 4 nitrogen and oxygen atoms in total. The number of aldehydes is 1. The Kier molecular flexibility index (Phi) is 3.29. The van der Waals surface area contributed by atoms with E-state index in [-0.39, 0.29) is 0 Å². The first kappa shape index (κ1) is 12.2. The molecule has 4 heteroatoms. The third-order valence-corrected chi connectivity index (χ3v) is 3.03. The zero-order chi connectivity index (χ0) is 13.8. The van der Waals surface area contributed by atoms with E-state index in [1.54, 1.807) is 37.1 Å². The van der Waals surface area contributed by atoms with Gasteiger partial charge in [0.05, 0.1) is 5.69 Å². The number of rotatable bonds is 3. The first-order valence-corrected chi connectivity index (χ1v) is 6.15. The summed E-state index contributed by atoms with van der Waals surface area (Å²) in [7, 11) is 0. The summed E-state index contributed by atoms with van der Waals surface area (Å²) in [6, 6.07) is 9.21. The lowest BCUT2D eigenvalue weighted by Gasteiger charge is -2.11. The minimum atomic E-state index is 0.609. The molecule has 0 saturated heterocycles. The monoisotopic (exact) mass is 261 g/mol. The molecule has 3 aromatic heterocycles. The third-order valence-electron chi connectivity index (χ3n) is 3.03. The highest BCUT2D eigenvalue weighted by Crippen LogP contribution is 2.31. The van der Waals surface area contributed by atoms with Gasteiger partial charge in [-0.15, -0.1) is 0 Å². The van der Waals surface area contributed by atoms with Crippen LogP contribution in [-0.2, 0) is 0 Å². The fourth-order valence-electron chi connectivity index (χ4n) is 2.13. The van der Waals surface area contributed by atoms with E-state index in [1.165, 1.54) is 0 Å². The van der Waals surface area contributed by atoms with E-state index >= 15 is 0 Å². The van der Waals surface area contributed by atoms with Crippen LogP contribution in [0, 0.1) is 0 Å². The van der Waals surface area contributed by atoms with Gasteiger partial charge in [0.2, 0.25) is 0 Å². The van der Waals surface area contributed by atoms with E-state index in [2.05, 4.69) is 15.0 Å². The van der Waals surface area contributed by atoms with Crippen LogP contribution in [0.1, 0.15) is 10.4 Å². The first-order chi connectivity index (χ1) is 9.90.